The fourth-order valence-corrected chi connectivity index (χ4v) is 3.20. The Morgan fingerprint density at radius 1 is 1.24 bits per heavy atom. The summed E-state index contributed by atoms with van der Waals surface area (Å²) in [7, 11) is 0. The number of hydrogen-bond donors (Lipinski definition) is 0. The molecule has 0 N–H and O–H groups in total. The molecule has 3 rings (SSSR count). The Morgan fingerprint density at radius 2 is 2.12 bits per heavy atom. The van der Waals surface area contributed by atoms with Gasteiger partial charge in [0.1, 0.15) is 5.82 Å². The van der Waals surface area contributed by atoms with E-state index in [-0.39, 0.29) is 5.91 Å². The number of likely N-dealkylation sites (tertiary alicyclic amines) is 1. The fourth-order valence-electron chi connectivity index (χ4n) is 3.20. The van der Waals surface area contributed by atoms with E-state index in [1.165, 1.54) is 0 Å². The molecule has 3 heterocycles. The van der Waals surface area contributed by atoms with Crippen molar-refractivity contribution in [3.63, 3.8) is 0 Å². The molecule has 1 aliphatic heterocycles. The molecule has 0 atom stereocenters. The highest BCUT2D eigenvalue weighted by molar-refractivity contribution is 5.76. The number of aromatic nitrogens is 4. The van der Waals surface area contributed by atoms with E-state index in [1.807, 2.05) is 21.7 Å². The van der Waals surface area contributed by atoms with Gasteiger partial charge in [-0.2, -0.15) is 5.10 Å². The first-order chi connectivity index (χ1) is 12.1. The summed E-state index contributed by atoms with van der Waals surface area (Å²) in [6.45, 7) is 5.90. The molecule has 6 nitrogen and oxygen atoms in total. The van der Waals surface area contributed by atoms with Crippen LogP contribution >= 0.6 is 0 Å². The maximum Gasteiger partial charge on any atom is 0.222 e. The van der Waals surface area contributed by atoms with Crippen LogP contribution < -0.4 is 0 Å². The van der Waals surface area contributed by atoms with E-state index >= 15 is 0 Å². The van der Waals surface area contributed by atoms with Gasteiger partial charge < -0.3 is 4.90 Å². The summed E-state index contributed by atoms with van der Waals surface area (Å²) in [5.74, 6) is 2.54. The van der Waals surface area contributed by atoms with Gasteiger partial charge in [0, 0.05) is 38.5 Å². The van der Waals surface area contributed by atoms with Gasteiger partial charge in [0.2, 0.25) is 5.91 Å². The standard InChI is InChI=1S/C19H27N5O/c1-15(2)13-17-21-18(24(22-17)16-7-6-10-20-14-16)9-12-23-11-5-3-4-8-19(23)25/h6-7,10,14-15H,3-5,8-9,11-13H2,1-2H3. The van der Waals surface area contributed by atoms with E-state index < -0.39 is 0 Å². The van der Waals surface area contributed by atoms with Crippen molar-refractivity contribution in [3.8, 4) is 5.69 Å². The van der Waals surface area contributed by atoms with Crippen molar-refractivity contribution in [1.82, 2.24) is 24.6 Å². The molecule has 1 amide bonds. The summed E-state index contributed by atoms with van der Waals surface area (Å²) in [6.07, 6.45) is 9.05. The van der Waals surface area contributed by atoms with Crippen molar-refractivity contribution in [1.29, 1.82) is 0 Å². The lowest BCUT2D eigenvalue weighted by molar-refractivity contribution is -0.130. The van der Waals surface area contributed by atoms with Crippen LogP contribution in [0.25, 0.3) is 5.69 Å². The molecule has 1 aliphatic rings. The Balaban J connectivity index is 1.78. The molecule has 0 spiro atoms. The Labute approximate surface area is 149 Å². The molecule has 1 saturated heterocycles. The summed E-state index contributed by atoms with van der Waals surface area (Å²) in [6, 6.07) is 3.89. The molecule has 0 bridgehead atoms. The average Bonchev–Trinajstić information content (AvgIpc) is 2.87. The zero-order valence-corrected chi connectivity index (χ0v) is 15.2. The Hall–Kier alpha value is -2.24. The average molecular weight is 341 g/mol. The summed E-state index contributed by atoms with van der Waals surface area (Å²) >= 11 is 0. The minimum absolute atomic E-state index is 0.271. The zero-order chi connectivity index (χ0) is 17.6. The van der Waals surface area contributed by atoms with E-state index in [4.69, 9.17) is 4.98 Å². The van der Waals surface area contributed by atoms with Gasteiger partial charge in [0.05, 0.1) is 11.9 Å². The van der Waals surface area contributed by atoms with Crippen molar-refractivity contribution < 1.29 is 4.79 Å². The van der Waals surface area contributed by atoms with Gasteiger partial charge >= 0.3 is 0 Å². The Bertz CT molecular complexity index is 695. The van der Waals surface area contributed by atoms with E-state index in [9.17, 15) is 4.79 Å². The van der Waals surface area contributed by atoms with Crippen LogP contribution in [0.15, 0.2) is 24.5 Å². The minimum atomic E-state index is 0.271. The second kappa shape index (κ2) is 8.23. The van der Waals surface area contributed by atoms with E-state index in [0.29, 0.717) is 25.3 Å². The van der Waals surface area contributed by atoms with E-state index in [1.54, 1.807) is 12.4 Å². The Morgan fingerprint density at radius 3 is 2.88 bits per heavy atom. The first kappa shape index (κ1) is 17.6. The highest BCUT2D eigenvalue weighted by atomic mass is 16.2. The molecule has 25 heavy (non-hydrogen) atoms. The molecule has 0 aliphatic carbocycles. The third-order valence-corrected chi connectivity index (χ3v) is 4.48. The molecule has 134 valence electrons. The lowest BCUT2D eigenvalue weighted by atomic mass is 10.1. The van der Waals surface area contributed by atoms with Gasteiger partial charge in [-0.3, -0.25) is 9.78 Å². The summed E-state index contributed by atoms with van der Waals surface area (Å²) in [5, 5.41) is 4.68. The first-order valence-corrected chi connectivity index (χ1v) is 9.26. The quantitative estimate of drug-likeness (QED) is 0.810. The van der Waals surface area contributed by atoms with Crippen LogP contribution in [0.3, 0.4) is 0 Å². The lowest BCUT2D eigenvalue weighted by Gasteiger charge is -2.20. The summed E-state index contributed by atoms with van der Waals surface area (Å²) < 4.78 is 1.88. The van der Waals surface area contributed by atoms with Crippen LogP contribution in [0.4, 0.5) is 0 Å². The van der Waals surface area contributed by atoms with Gasteiger partial charge in [0.15, 0.2) is 5.82 Å². The molecule has 0 saturated carbocycles. The van der Waals surface area contributed by atoms with Crippen molar-refractivity contribution >= 4 is 5.91 Å². The summed E-state index contributed by atoms with van der Waals surface area (Å²) in [4.78, 5) is 23.1. The van der Waals surface area contributed by atoms with Gasteiger partial charge in [-0.25, -0.2) is 9.67 Å². The van der Waals surface area contributed by atoms with Crippen molar-refractivity contribution in [2.24, 2.45) is 5.92 Å². The van der Waals surface area contributed by atoms with Crippen LogP contribution in [-0.2, 0) is 17.6 Å². The lowest BCUT2D eigenvalue weighted by Crippen LogP contribution is -2.32. The molecular weight excluding hydrogens is 314 g/mol. The predicted molar refractivity (Wildman–Crippen MR) is 96.4 cm³/mol. The van der Waals surface area contributed by atoms with Gasteiger partial charge in [-0.05, 0) is 30.9 Å². The number of carbonyl (C=O) groups excluding carboxylic acids is 1. The third-order valence-electron chi connectivity index (χ3n) is 4.48. The maximum atomic E-state index is 12.2. The largest absolute Gasteiger partial charge is 0.342 e. The maximum absolute atomic E-state index is 12.2. The highest BCUT2D eigenvalue weighted by Gasteiger charge is 2.19. The predicted octanol–water partition coefficient (Wildman–Crippen LogP) is 2.81. The second-order valence-corrected chi connectivity index (χ2v) is 7.11. The molecule has 2 aromatic heterocycles. The van der Waals surface area contributed by atoms with Gasteiger partial charge in [-0.1, -0.05) is 20.3 Å². The highest BCUT2D eigenvalue weighted by Crippen LogP contribution is 2.15. The van der Waals surface area contributed by atoms with E-state index in [0.717, 1.165) is 49.6 Å². The number of rotatable bonds is 6. The second-order valence-electron chi connectivity index (χ2n) is 7.11. The normalized spacial score (nSPS) is 15.6. The van der Waals surface area contributed by atoms with Crippen LogP contribution in [-0.4, -0.2) is 43.6 Å². The van der Waals surface area contributed by atoms with Gasteiger partial charge in [0.25, 0.3) is 0 Å². The smallest absolute Gasteiger partial charge is 0.222 e. The third kappa shape index (κ3) is 4.65. The molecule has 0 unspecified atom stereocenters. The molecule has 2 aromatic rings. The van der Waals surface area contributed by atoms with Gasteiger partial charge in [-0.15, -0.1) is 0 Å². The SMILES string of the molecule is CC(C)Cc1nc(CCN2CCCCCC2=O)n(-c2cccnc2)n1. The number of carbonyl (C=O) groups is 1. The molecule has 1 fully saturated rings. The van der Waals surface area contributed by atoms with Crippen molar-refractivity contribution in [3.05, 3.63) is 36.2 Å². The van der Waals surface area contributed by atoms with Crippen LogP contribution in [0.1, 0.15) is 51.2 Å². The zero-order valence-electron chi connectivity index (χ0n) is 15.2. The monoisotopic (exact) mass is 341 g/mol. The number of nitrogens with zero attached hydrogens (tertiary/aromatic N) is 5. The molecule has 6 heteroatoms. The number of pyridine rings is 1. The van der Waals surface area contributed by atoms with Crippen molar-refractivity contribution in [2.45, 2.75) is 52.4 Å². The van der Waals surface area contributed by atoms with E-state index in [2.05, 4.69) is 23.9 Å². The Kier molecular flexibility index (Phi) is 5.79. The van der Waals surface area contributed by atoms with Crippen LogP contribution in [0, 0.1) is 5.92 Å². The molecule has 0 aromatic carbocycles. The van der Waals surface area contributed by atoms with Crippen LogP contribution in [0.5, 0.6) is 0 Å². The fraction of sp³-hybridized carbons (Fsp3) is 0.579. The topological polar surface area (TPSA) is 63.9 Å². The molecular formula is C19H27N5O. The van der Waals surface area contributed by atoms with Crippen molar-refractivity contribution in [2.75, 3.05) is 13.1 Å². The first-order valence-electron chi connectivity index (χ1n) is 9.26. The molecule has 0 radical (unpaired) electrons. The number of amides is 1. The number of hydrogen-bond acceptors (Lipinski definition) is 4. The minimum Gasteiger partial charge on any atom is -0.342 e. The summed E-state index contributed by atoms with van der Waals surface area (Å²) in [5.41, 5.74) is 0.919. The van der Waals surface area contributed by atoms with Crippen LogP contribution in [0.2, 0.25) is 0 Å².